The number of thiophene rings is 1. The first-order valence-electron chi connectivity index (χ1n) is 9.79. The van der Waals surface area contributed by atoms with Gasteiger partial charge in [-0.05, 0) is 35.9 Å². The van der Waals surface area contributed by atoms with E-state index in [2.05, 4.69) is 20.1 Å². The van der Waals surface area contributed by atoms with Gasteiger partial charge in [0.05, 0.1) is 0 Å². The highest BCUT2D eigenvalue weighted by Crippen LogP contribution is 2.14. The molecule has 0 aromatic carbocycles. The van der Waals surface area contributed by atoms with Gasteiger partial charge in [0.2, 0.25) is 11.2 Å². The second-order valence-corrected chi connectivity index (χ2v) is 8.33. The van der Waals surface area contributed by atoms with Crippen molar-refractivity contribution in [1.29, 1.82) is 0 Å². The molecule has 4 aromatic heterocycles. The Balaban J connectivity index is 1.50. The molecule has 1 N–H and O–H groups in total. The van der Waals surface area contributed by atoms with Crippen LogP contribution in [0.4, 0.5) is 0 Å². The number of H-pyrrole nitrogens is 1. The second-order valence-electron chi connectivity index (χ2n) is 6.93. The lowest BCUT2D eigenvalue weighted by atomic mass is 10.3. The van der Waals surface area contributed by atoms with Crippen LogP contribution in [0.5, 0.6) is 0 Å². The summed E-state index contributed by atoms with van der Waals surface area (Å²) >= 11 is 7.59. The van der Waals surface area contributed by atoms with Crippen LogP contribution in [-0.2, 0) is 25.9 Å². The van der Waals surface area contributed by atoms with Crippen LogP contribution in [0.3, 0.4) is 0 Å². The molecule has 4 heterocycles. The average Bonchev–Trinajstić information content (AvgIpc) is 3.47. The third-order valence-corrected chi connectivity index (χ3v) is 5.82. The number of aromatic nitrogens is 6. The maximum absolute atomic E-state index is 12.9. The monoisotopic (exact) mass is 448 g/mol. The highest BCUT2D eigenvalue weighted by atomic mass is 35.5. The van der Waals surface area contributed by atoms with E-state index >= 15 is 0 Å². The molecule has 0 amide bonds. The van der Waals surface area contributed by atoms with E-state index in [1.165, 1.54) is 9.13 Å². The number of nitrogens with zero attached hydrogens (tertiary/aromatic N) is 5. The second kappa shape index (κ2) is 8.97. The number of aromatic amines is 1. The smallest absolute Gasteiger partial charge is 0.332 e. The molecule has 0 fully saturated rings. The van der Waals surface area contributed by atoms with Gasteiger partial charge in [0.1, 0.15) is 0 Å². The maximum atomic E-state index is 12.9. The molecule has 0 atom stereocenters. The van der Waals surface area contributed by atoms with Crippen LogP contribution in [0.1, 0.15) is 42.8 Å². The van der Waals surface area contributed by atoms with E-state index in [-0.39, 0.29) is 23.0 Å². The summed E-state index contributed by atoms with van der Waals surface area (Å²) < 4.78 is 8.03. The Morgan fingerprint density at radius 1 is 1.20 bits per heavy atom. The zero-order valence-corrected chi connectivity index (χ0v) is 18.0. The van der Waals surface area contributed by atoms with Crippen LogP contribution in [0.15, 0.2) is 31.6 Å². The molecule has 0 aliphatic carbocycles. The van der Waals surface area contributed by atoms with E-state index in [0.717, 1.165) is 17.7 Å². The predicted octanol–water partition coefficient (Wildman–Crippen LogP) is 3.01. The number of rotatable bonds is 9. The summed E-state index contributed by atoms with van der Waals surface area (Å²) in [5.41, 5.74) is -0.263. The van der Waals surface area contributed by atoms with Crippen molar-refractivity contribution in [3.8, 4) is 0 Å². The van der Waals surface area contributed by atoms with Gasteiger partial charge < -0.3 is 9.51 Å². The highest BCUT2D eigenvalue weighted by molar-refractivity contribution is 7.09. The molecule has 0 spiro atoms. The summed E-state index contributed by atoms with van der Waals surface area (Å²) in [4.78, 5) is 38.1. The SMILES string of the molecule is CCCCn1c(=O)n(CCCc2nc(Cc3cccs3)no2)c(=O)c2[nH]c(Cl)nc21. The normalized spacial score (nSPS) is 11.5. The van der Waals surface area contributed by atoms with E-state index in [9.17, 15) is 9.59 Å². The molecule has 0 bridgehead atoms. The summed E-state index contributed by atoms with van der Waals surface area (Å²) in [7, 11) is 0. The van der Waals surface area contributed by atoms with Crippen molar-refractivity contribution < 1.29 is 4.52 Å². The van der Waals surface area contributed by atoms with Crippen molar-refractivity contribution in [2.75, 3.05) is 0 Å². The number of nitrogens with one attached hydrogen (secondary N) is 1. The zero-order valence-electron chi connectivity index (χ0n) is 16.4. The van der Waals surface area contributed by atoms with Gasteiger partial charge in [0.15, 0.2) is 17.0 Å². The molecule has 158 valence electrons. The van der Waals surface area contributed by atoms with Gasteiger partial charge in [-0.15, -0.1) is 11.3 Å². The van der Waals surface area contributed by atoms with E-state index in [1.54, 1.807) is 11.3 Å². The number of aryl methyl sites for hydroxylation is 2. The molecular formula is C19H21ClN6O3S. The lowest BCUT2D eigenvalue weighted by molar-refractivity contribution is 0.367. The zero-order chi connectivity index (χ0) is 21.1. The quantitative estimate of drug-likeness (QED) is 0.394. The summed E-state index contributed by atoms with van der Waals surface area (Å²) in [6, 6.07) is 4.00. The van der Waals surface area contributed by atoms with E-state index in [0.29, 0.717) is 43.2 Å². The highest BCUT2D eigenvalue weighted by Gasteiger charge is 2.17. The average molecular weight is 449 g/mol. The molecule has 0 saturated heterocycles. The summed E-state index contributed by atoms with van der Waals surface area (Å²) in [6.45, 7) is 2.74. The molecule has 4 aromatic rings. The van der Waals surface area contributed by atoms with Gasteiger partial charge in [-0.1, -0.05) is 24.6 Å². The predicted molar refractivity (Wildman–Crippen MR) is 114 cm³/mol. The molecular weight excluding hydrogens is 428 g/mol. The minimum atomic E-state index is -0.425. The fourth-order valence-corrected chi connectivity index (χ4v) is 4.15. The third kappa shape index (κ3) is 4.24. The molecule has 11 heteroatoms. The Bertz CT molecular complexity index is 1250. The molecule has 0 radical (unpaired) electrons. The van der Waals surface area contributed by atoms with Crippen LogP contribution in [0, 0.1) is 0 Å². The van der Waals surface area contributed by atoms with E-state index in [4.69, 9.17) is 16.1 Å². The van der Waals surface area contributed by atoms with Crippen molar-refractivity contribution >= 4 is 34.1 Å². The number of hydrogen-bond acceptors (Lipinski definition) is 7. The number of hydrogen-bond donors (Lipinski definition) is 1. The largest absolute Gasteiger partial charge is 0.339 e. The van der Waals surface area contributed by atoms with E-state index < -0.39 is 5.56 Å². The first-order chi connectivity index (χ1) is 14.6. The fraction of sp³-hybridized carbons (Fsp3) is 0.421. The lowest BCUT2D eigenvalue weighted by Gasteiger charge is -2.10. The van der Waals surface area contributed by atoms with Crippen LogP contribution >= 0.6 is 22.9 Å². The minimum Gasteiger partial charge on any atom is -0.339 e. The first kappa shape index (κ1) is 20.5. The number of imidazole rings is 1. The van der Waals surface area contributed by atoms with Crippen molar-refractivity contribution in [1.82, 2.24) is 29.2 Å². The van der Waals surface area contributed by atoms with Crippen molar-refractivity contribution in [3.63, 3.8) is 0 Å². The lowest BCUT2D eigenvalue weighted by Crippen LogP contribution is -2.40. The van der Waals surface area contributed by atoms with Gasteiger partial charge in [-0.2, -0.15) is 9.97 Å². The van der Waals surface area contributed by atoms with Crippen molar-refractivity contribution in [2.45, 2.75) is 52.1 Å². The maximum Gasteiger partial charge on any atom is 0.332 e. The van der Waals surface area contributed by atoms with Crippen molar-refractivity contribution in [3.05, 3.63) is 60.2 Å². The van der Waals surface area contributed by atoms with Gasteiger partial charge in [-0.25, -0.2) is 4.79 Å². The number of unbranched alkanes of at least 4 members (excludes halogenated alkanes) is 1. The molecule has 0 aliphatic rings. The molecule has 30 heavy (non-hydrogen) atoms. The molecule has 0 saturated carbocycles. The molecule has 0 aliphatic heterocycles. The molecule has 0 unspecified atom stereocenters. The minimum absolute atomic E-state index is 0.0913. The third-order valence-electron chi connectivity index (χ3n) is 4.76. The Hall–Kier alpha value is -2.72. The van der Waals surface area contributed by atoms with E-state index in [1.807, 2.05) is 24.4 Å². The van der Waals surface area contributed by atoms with Crippen LogP contribution in [0.2, 0.25) is 5.28 Å². The van der Waals surface area contributed by atoms with Crippen molar-refractivity contribution in [2.24, 2.45) is 0 Å². The summed E-state index contributed by atoms with van der Waals surface area (Å²) in [5.74, 6) is 1.12. The fourth-order valence-electron chi connectivity index (χ4n) is 3.27. The number of fused-ring (bicyclic) bond motifs is 1. The van der Waals surface area contributed by atoms with Gasteiger partial charge >= 0.3 is 5.69 Å². The Morgan fingerprint density at radius 2 is 2.03 bits per heavy atom. The Morgan fingerprint density at radius 3 is 2.80 bits per heavy atom. The van der Waals surface area contributed by atoms with Gasteiger partial charge in [0, 0.05) is 30.8 Å². The van der Waals surface area contributed by atoms with Crippen LogP contribution in [-0.4, -0.2) is 29.2 Å². The van der Waals surface area contributed by atoms with Gasteiger partial charge in [-0.3, -0.25) is 13.9 Å². The molecule has 4 rings (SSSR count). The molecule has 9 nitrogen and oxygen atoms in total. The topological polar surface area (TPSA) is 112 Å². The number of halogens is 1. The van der Waals surface area contributed by atoms with Gasteiger partial charge in [0.25, 0.3) is 5.56 Å². The first-order valence-corrected chi connectivity index (χ1v) is 11.0. The Kier molecular flexibility index (Phi) is 6.14. The standard InChI is InChI=1S/C19H21ClN6O3S/c1-2-3-8-25-16-15(22-18(20)23-16)17(27)26(19(25)28)9-4-7-14-21-13(24-29-14)11-12-6-5-10-30-12/h5-6,10H,2-4,7-9,11H2,1H3,(H,22,23). The van der Waals surface area contributed by atoms with Crippen LogP contribution in [0.25, 0.3) is 11.2 Å². The Labute approximate surface area is 180 Å². The summed E-state index contributed by atoms with van der Waals surface area (Å²) in [5, 5.41) is 6.10. The summed E-state index contributed by atoms with van der Waals surface area (Å²) in [6.07, 6.45) is 3.32. The van der Waals surface area contributed by atoms with Crippen LogP contribution < -0.4 is 11.2 Å².